The first-order valence-corrected chi connectivity index (χ1v) is 14.4. The van der Waals surface area contributed by atoms with Crippen LogP contribution in [0.5, 0.6) is 0 Å². The summed E-state index contributed by atoms with van der Waals surface area (Å²) in [5, 5.41) is 0. The Bertz CT molecular complexity index is 900. The zero-order valence-electron chi connectivity index (χ0n) is 23.7. The van der Waals surface area contributed by atoms with Crippen LogP contribution in [0.15, 0.2) is 0 Å². The lowest BCUT2D eigenvalue weighted by atomic mass is 9.98. The third-order valence-electron chi connectivity index (χ3n) is 6.52. The fraction of sp³-hybridized carbons (Fsp3) is 0.769. The van der Waals surface area contributed by atoms with Crippen LogP contribution >= 0.6 is 0 Å². The summed E-state index contributed by atoms with van der Waals surface area (Å²) in [7, 11) is -0.336. The Labute approximate surface area is 214 Å². The summed E-state index contributed by atoms with van der Waals surface area (Å²) >= 11 is 0. The van der Waals surface area contributed by atoms with Crippen LogP contribution in [0, 0.1) is 13.8 Å². The quantitative estimate of drug-likeness (QED) is 0.349. The summed E-state index contributed by atoms with van der Waals surface area (Å²) < 4.78 is 36.2. The van der Waals surface area contributed by atoms with Crippen molar-refractivity contribution in [2.45, 2.75) is 119 Å². The fourth-order valence-corrected chi connectivity index (χ4v) is 4.80. The van der Waals surface area contributed by atoms with Gasteiger partial charge in [-0.05, 0) is 52.4 Å². The number of aromatic nitrogens is 4. The Kier molecular flexibility index (Phi) is 15.3. The summed E-state index contributed by atoms with van der Waals surface area (Å²) in [5.74, 6) is 3.84. The predicted molar refractivity (Wildman–Crippen MR) is 145 cm³/mol. The lowest BCUT2D eigenvalue weighted by molar-refractivity contribution is 0.381. The molecule has 2 heterocycles. The smallest absolute Gasteiger partial charge is 0.335 e. The number of imidazole rings is 2. The first-order chi connectivity index (χ1) is 16.3. The van der Waals surface area contributed by atoms with Gasteiger partial charge in [0.05, 0.1) is 11.4 Å². The monoisotopic (exact) mass is 514 g/mol. The molecule has 0 aromatic carbocycles. The van der Waals surface area contributed by atoms with Crippen molar-refractivity contribution in [3.8, 4) is 0 Å². The van der Waals surface area contributed by atoms with Crippen LogP contribution in [-0.4, -0.2) is 36.6 Å². The summed E-state index contributed by atoms with van der Waals surface area (Å²) in [6, 6.07) is 0. The van der Waals surface area contributed by atoms with Crippen molar-refractivity contribution < 1.29 is 17.5 Å². The van der Waals surface area contributed by atoms with Gasteiger partial charge in [0.1, 0.15) is 11.6 Å². The highest BCUT2D eigenvalue weighted by atomic mass is 32.3. The van der Waals surface area contributed by atoms with Crippen molar-refractivity contribution in [3.63, 3.8) is 0 Å². The maximum atomic E-state index is 8.74. The average molecular weight is 515 g/mol. The van der Waals surface area contributed by atoms with E-state index in [0.717, 1.165) is 12.8 Å². The molecule has 35 heavy (non-hydrogen) atoms. The molecule has 0 aliphatic heterocycles. The molecule has 0 bridgehead atoms. The van der Waals surface area contributed by atoms with Gasteiger partial charge in [0.2, 0.25) is 0 Å². The Balaban J connectivity index is 0.000000555. The molecule has 0 atom stereocenters. The molecule has 0 saturated carbocycles. The van der Waals surface area contributed by atoms with E-state index in [0.29, 0.717) is 11.8 Å². The minimum absolute atomic E-state index is 0.674. The molecule has 0 unspecified atom stereocenters. The summed E-state index contributed by atoms with van der Waals surface area (Å²) in [4.78, 5) is 9.36. The molecule has 0 aliphatic rings. The zero-order chi connectivity index (χ0) is 27.3. The van der Waals surface area contributed by atoms with Gasteiger partial charge >= 0.3 is 10.4 Å². The van der Waals surface area contributed by atoms with E-state index in [4.69, 9.17) is 17.5 Å². The van der Waals surface area contributed by atoms with E-state index in [1.807, 2.05) is 0 Å². The van der Waals surface area contributed by atoms with E-state index in [2.05, 4.69) is 88.6 Å². The number of nitrogens with zero attached hydrogens (tertiary/aromatic N) is 4. The van der Waals surface area contributed by atoms with Gasteiger partial charge in [0, 0.05) is 50.2 Å². The van der Waals surface area contributed by atoms with E-state index in [1.54, 1.807) is 0 Å². The standard InChI is InChI=1S/2C13H24N2.H2O4S/c2*1-6-9-12-14-10(4)13(15(12)5)11(7-2)8-3;1-5(2,3)4/h2*11H,6-9H2,1-5H3;(H2,1,2,3,4). The maximum absolute atomic E-state index is 8.74. The Morgan fingerprint density at radius 2 is 0.943 bits per heavy atom. The van der Waals surface area contributed by atoms with Crippen LogP contribution in [-0.2, 0) is 37.3 Å². The van der Waals surface area contributed by atoms with E-state index >= 15 is 0 Å². The third kappa shape index (κ3) is 10.8. The van der Waals surface area contributed by atoms with E-state index in [-0.39, 0.29) is 0 Å². The Morgan fingerprint density at radius 1 is 0.686 bits per heavy atom. The molecule has 204 valence electrons. The predicted octanol–water partition coefficient (Wildman–Crippen LogP) is 6.52. The second-order valence-corrected chi connectivity index (χ2v) is 9.99. The van der Waals surface area contributed by atoms with Gasteiger partial charge in [0.15, 0.2) is 0 Å². The van der Waals surface area contributed by atoms with Crippen LogP contribution in [0.2, 0.25) is 0 Å². The van der Waals surface area contributed by atoms with Crippen molar-refractivity contribution in [2.75, 3.05) is 0 Å². The van der Waals surface area contributed by atoms with E-state index < -0.39 is 10.4 Å². The van der Waals surface area contributed by atoms with Crippen molar-refractivity contribution in [2.24, 2.45) is 14.1 Å². The molecule has 2 aromatic rings. The molecule has 8 nitrogen and oxygen atoms in total. The maximum Gasteiger partial charge on any atom is 0.394 e. The lowest BCUT2D eigenvalue weighted by Crippen LogP contribution is -2.06. The number of hydrogen-bond donors (Lipinski definition) is 2. The summed E-state index contributed by atoms with van der Waals surface area (Å²) in [6.07, 6.45) is 9.38. The molecule has 9 heteroatoms. The highest BCUT2D eigenvalue weighted by molar-refractivity contribution is 7.79. The highest BCUT2D eigenvalue weighted by Crippen LogP contribution is 2.27. The van der Waals surface area contributed by atoms with Gasteiger partial charge in [0.25, 0.3) is 0 Å². The first kappa shape index (κ1) is 33.3. The molecule has 2 rings (SSSR count). The molecular formula is C26H50N4O4S. The van der Waals surface area contributed by atoms with Gasteiger partial charge < -0.3 is 9.13 Å². The summed E-state index contributed by atoms with van der Waals surface area (Å²) in [6.45, 7) is 17.8. The minimum atomic E-state index is -4.67. The van der Waals surface area contributed by atoms with Gasteiger partial charge in [-0.3, -0.25) is 9.11 Å². The number of aryl methyl sites for hydroxylation is 4. The van der Waals surface area contributed by atoms with Crippen LogP contribution in [0.4, 0.5) is 0 Å². The molecular weight excluding hydrogens is 464 g/mol. The SMILES string of the molecule is CCCc1nc(C)c(C(CC)CC)n1C.CCCc1nc(C)c(C(CC)CC)n1C.O=S(=O)(O)O. The van der Waals surface area contributed by atoms with Crippen LogP contribution in [0.25, 0.3) is 0 Å². The average Bonchev–Trinajstić information content (AvgIpc) is 3.20. The van der Waals surface area contributed by atoms with Gasteiger partial charge in [-0.25, -0.2) is 9.97 Å². The van der Waals surface area contributed by atoms with Gasteiger partial charge in [-0.1, -0.05) is 41.5 Å². The molecule has 0 saturated heterocycles. The van der Waals surface area contributed by atoms with Crippen molar-refractivity contribution >= 4 is 10.4 Å². The normalized spacial score (nSPS) is 11.4. The highest BCUT2D eigenvalue weighted by Gasteiger charge is 2.18. The van der Waals surface area contributed by atoms with Crippen molar-refractivity contribution in [1.29, 1.82) is 0 Å². The largest absolute Gasteiger partial charge is 0.394 e. The molecule has 2 aromatic heterocycles. The van der Waals surface area contributed by atoms with Crippen molar-refractivity contribution in [3.05, 3.63) is 34.4 Å². The number of rotatable bonds is 10. The topological polar surface area (TPSA) is 110 Å². The van der Waals surface area contributed by atoms with Crippen LogP contribution < -0.4 is 0 Å². The second-order valence-electron chi connectivity index (χ2n) is 9.09. The molecule has 0 fully saturated rings. The molecule has 0 aliphatic carbocycles. The van der Waals surface area contributed by atoms with Crippen LogP contribution in [0.3, 0.4) is 0 Å². The molecule has 2 N–H and O–H groups in total. The molecule has 0 amide bonds. The third-order valence-corrected chi connectivity index (χ3v) is 6.52. The Hall–Kier alpha value is -1.71. The molecule has 0 radical (unpaired) electrons. The zero-order valence-corrected chi connectivity index (χ0v) is 24.5. The number of hydrogen-bond acceptors (Lipinski definition) is 4. The minimum Gasteiger partial charge on any atom is -0.335 e. The van der Waals surface area contributed by atoms with Crippen LogP contribution in [0.1, 0.15) is 126 Å². The molecule has 0 spiro atoms. The summed E-state index contributed by atoms with van der Waals surface area (Å²) in [5.41, 5.74) is 5.36. The second kappa shape index (κ2) is 16.1. The first-order valence-electron chi connectivity index (χ1n) is 13.0. The van der Waals surface area contributed by atoms with Gasteiger partial charge in [-0.2, -0.15) is 8.42 Å². The van der Waals surface area contributed by atoms with E-state index in [1.165, 1.54) is 72.9 Å². The van der Waals surface area contributed by atoms with Gasteiger partial charge in [-0.15, -0.1) is 0 Å². The van der Waals surface area contributed by atoms with Crippen molar-refractivity contribution in [1.82, 2.24) is 19.1 Å². The van der Waals surface area contributed by atoms with E-state index in [9.17, 15) is 0 Å². The Morgan fingerprint density at radius 3 is 1.14 bits per heavy atom. The fourth-order valence-electron chi connectivity index (χ4n) is 4.80. The lowest BCUT2D eigenvalue weighted by Gasteiger charge is -2.15.